The Bertz CT molecular complexity index is 682. The number of rotatable bonds is 1. The van der Waals surface area contributed by atoms with Crippen molar-refractivity contribution >= 4 is 17.4 Å². The number of halogens is 1. The summed E-state index contributed by atoms with van der Waals surface area (Å²) in [4.78, 5) is 12.7. The molecule has 1 fully saturated rings. The Kier molecular flexibility index (Phi) is 2.48. The SMILES string of the molecule is CC1=CC(=O)[C@]2(O)[C@@H]3c4ccccc4O[C@@H]3[C@@H]1[C@]2(C)CCl. The third kappa shape index (κ3) is 1.28. The molecule has 4 heteroatoms. The molecule has 0 amide bonds. The second-order valence-corrected chi connectivity index (χ2v) is 6.91. The Morgan fingerprint density at radius 2 is 2.05 bits per heavy atom. The topological polar surface area (TPSA) is 46.5 Å². The third-order valence-corrected chi connectivity index (χ3v) is 6.24. The fraction of sp³-hybridized carbons (Fsp3) is 0.471. The first-order chi connectivity index (χ1) is 9.95. The minimum Gasteiger partial charge on any atom is -0.489 e. The van der Waals surface area contributed by atoms with E-state index in [1.165, 1.54) is 0 Å². The van der Waals surface area contributed by atoms with Crippen LogP contribution < -0.4 is 4.74 Å². The van der Waals surface area contributed by atoms with Crippen molar-refractivity contribution in [3.05, 3.63) is 41.5 Å². The number of carbonyl (C=O) groups excluding carboxylic acids is 1. The molecule has 1 aromatic carbocycles. The van der Waals surface area contributed by atoms with Gasteiger partial charge in [-0.05, 0) is 19.1 Å². The number of alkyl halides is 1. The van der Waals surface area contributed by atoms with Crippen LogP contribution in [0.3, 0.4) is 0 Å². The summed E-state index contributed by atoms with van der Waals surface area (Å²) in [5.74, 6) is 0.366. The molecule has 0 aromatic heterocycles. The summed E-state index contributed by atoms with van der Waals surface area (Å²) < 4.78 is 6.11. The van der Waals surface area contributed by atoms with E-state index >= 15 is 0 Å². The summed E-state index contributed by atoms with van der Waals surface area (Å²) in [6.45, 7) is 3.84. The molecule has 2 aliphatic carbocycles. The molecule has 0 radical (unpaired) electrons. The van der Waals surface area contributed by atoms with Crippen molar-refractivity contribution in [2.75, 3.05) is 5.88 Å². The first-order valence-electron chi connectivity index (χ1n) is 7.21. The van der Waals surface area contributed by atoms with Crippen molar-refractivity contribution in [1.29, 1.82) is 0 Å². The van der Waals surface area contributed by atoms with Crippen LogP contribution >= 0.6 is 11.6 Å². The molecular formula is C17H17ClO3. The first kappa shape index (κ1) is 13.4. The number of hydrogen-bond donors (Lipinski definition) is 1. The average molecular weight is 305 g/mol. The Morgan fingerprint density at radius 3 is 2.76 bits per heavy atom. The molecule has 3 nitrogen and oxygen atoms in total. The zero-order valence-corrected chi connectivity index (χ0v) is 12.7. The highest BCUT2D eigenvalue weighted by molar-refractivity contribution is 6.19. The predicted molar refractivity (Wildman–Crippen MR) is 79.6 cm³/mol. The summed E-state index contributed by atoms with van der Waals surface area (Å²) in [5, 5.41) is 11.4. The van der Waals surface area contributed by atoms with Crippen molar-refractivity contribution in [3.63, 3.8) is 0 Å². The Balaban J connectivity index is 2.00. The molecule has 5 atom stereocenters. The molecule has 1 heterocycles. The van der Waals surface area contributed by atoms with Crippen molar-refractivity contribution < 1.29 is 14.6 Å². The lowest BCUT2D eigenvalue weighted by Gasteiger charge is -2.45. The number of fused-ring (bicyclic) bond motifs is 7. The molecule has 0 spiro atoms. The zero-order chi connectivity index (χ0) is 15.0. The molecule has 4 rings (SSSR count). The molecule has 1 saturated carbocycles. The first-order valence-corrected chi connectivity index (χ1v) is 7.75. The smallest absolute Gasteiger partial charge is 0.188 e. The van der Waals surface area contributed by atoms with Crippen LogP contribution in [0.15, 0.2) is 35.9 Å². The normalized spacial score (nSPS) is 43.1. The lowest BCUT2D eigenvalue weighted by Crippen LogP contribution is -2.56. The monoisotopic (exact) mass is 304 g/mol. The fourth-order valence-corrected chi connectivity index (χ4v) is 5.07. The summed E-state index contributed by atoms with van der Waals surface area (Å²) in [5.41, 5.74) is -0.322. The van der Waals surface area contributed by atoms with Gasteiger partial charge in [0.25, 0.3) is 0 Å². The van der Waals surface area contributed by atoms with Gasteiger partial charge in [-0.25, -0.2) is 0 Å². The second kappa shape index (κ2) is 3.90. The Labute approximate surface area is 128 Å². The molecular weight excluding hydrogens is 288 g/mol. The van der Waals surface area contributed by atoms with Crippen molar-refractivity contribution in [2.45, 2.75) is 31.5 Å². The maximum Gasteiger partial charge on any atom is 0.188 e. The third-order valence-electron chi connectivity index (χ3n) is 5.68. The fourth-order valence-electron chi connectivity index (χ4n) is 4.70. The molecule has 0 saturated heterocycles. The van der Waals surface area contributed by atoms with E-state index in [1.54, 1.807) is 6.08 Å². The number of ether oxygens (including phenoxy) is 1. The van der Waals surface area contributed by atoms with Crippen LogP contribution in [-0.2, 0) is 4.79 Å². The molecule has 2 bridgehead atoms. The summed E-state index contributed by atoms with van der Waals surface area (Å²) in [7, 11) is 0. The van der Waals surface area contributed by atoms with Gasteiger partial charge in [0.05, 0.1) is 5.92 Å². The predicted octanol–water partition coefficient (Wildman–Crippen LogP) is 2.67. The van der Waals surface area contributed by atoms with E-state index in [1.807, 2.05) is 38.1 Å². The molecule has 1 aromatic rings. The van der Waals surface area contributed by atoms with E-state index < -0.39 is 11.0 Å². The van der Waals surface area contributed by atoms with Crippen molar-refractivity contribution in [1.82, 2.24) is 0 Å². The number of carbonyl (C=O) groups is 1. The molecule has 1 aliphatic heterocycles. The molecule has 0 unspecified atom stereocenters. The highest BCUT2D eigenvalue weighted by Crippen LogP contribution is 2.66. The van der Waals surface area contributed by atoms with Gasteiger partial charge in [-0.2, -0.15) is 0 Å². The number of para-hydroxylation sites is 1. The highest BCUT2D eigenvalue weighted by Gasteiger charge is 2.74. The van der Waals surface area contributed by atoms with Gasteiger partial charge >= 0.3 is 0 Å². The minimum absolute atomic E-state index is 0.0462. The van der Waals surface area contributed by atoms with Gasteiger partial charge in [0.15, 0.2) is 5.78 Å². The van der Waals surface area contributed by atoms with Gasteiger partial charge in [0.1, 0.15) is 17.5 Å². The van der Waals surface area contributed by atoms with Crippen LogP contribution in [0.4, 0.5) is 0 Å². The van der Waals surface area contributed by atoms with Crippen LogP contribution in [0.5, 0.6) is 5.75 Å². The number of aliphatic hydroxyl groups is 1. The second-order valence-electron chi connectivity index (χ2n) is 6.65. The van der Waals surface area contributed by atoms with E-state index in [-0.39, 0.29) is 29.6 Å². The van der Waals surface area contributed by atoms with Crippen LogP contribution in [0.25, 0.3) is 0 Å². The van der Waals surface area contributed by atoms with Crippen molar-refractivity contribution in [3.8, 4) is 5.75 Å². The molecule has 3 aliphatic rings. The average Bonchev–Trinajstić information content (AvgIpc) is 2.89. The van der Waals surface area contributed by atoms with Gasteiger partial charge in [-0.15, -0.1) is 11.6 Å². The van der Waals surface area contributed by atoms with Gasteiger partial charge < -0.3 is 9.84 Å². The summed E-state index contributed by atoms with van der Waals surface area (Å²) >= 11 is 6.22. The van der Waals surface area contributed by atoms with E-state index in [2.05, 4.69) is 0 Å². The van der Waals surface area contributed by atoms with Crippen LogP contribution in [0.1, 0.15) is 25.3 Å². The number of ketones is 1. The van der Waals surface area contributed by atoms with E-state index in [0.29, 0.717) is 0 Å². The van der Waals surface area contributed by atoms with E-state index in [9.17, 15) is 9.90 Å². The number of benzene rings is 1. The summed E-state index contributed by atoms with van der Waals surface area (Å²) in [6, 6.07) is 7.66. The lowest BCUT2D eigenvalue weighted by molar-refractivity contribution is -0.146. The van der Waals surface area contributed by atoms with E-state index in [0.717, 1.165) is 16.9 Å². The van der Waals surface area contributed by atoms with E-state index in [4.69, 9.17) is 16.3 Å². The van der Waals surface area contributed by atoms with Crippen LogP contribution in [0.2, 0.25) is 0 Å². The van der Waals surface area contributed by atoms with Gasteiger partial charge in [-0.3, -0.25) is 4.79 Å². The maximum atomic E-state index is 12.7. The number of hydrogen-bond acceptors (Lipinski definition) is 3. The Morgan fingerprint density at radius 1 is 1.33 bits per heavy atom. The van der Waals surface area contributed by atoms with Gasteiger partial charge in [-0.1, -0.05) is 30.7 Å². The Hall–Kier alpha value is -1.32. The molecule has 1 N–H and O–H groups in total. The van der Waals surface area contributed by atoms with Crippen molar-refractivity contribution in [2.24, 2.45) is 11.3 Å². The van der Waals surface area contributed by atoms with Crippen LogP contribution in [-0.4, -0.2) is 28.5 Å². The largest absolute Gasteiger partial charge is 0.489 e. The van der Waals surface area contributed by atoms with Crippen LogP contribution in [0, 0.1) is 11.3 Å². The minimum atomic E-state index is -1.49. The summed E-state index contributed by atoms with van der Waals surface area (Å²) in [6.07, 6.45) is 1.35. The maximum absolute atomic E-state index is 12.7. The highest BCUT2D eigenvalue weighted by atomic mass is 35.5. The quantitative estimate of drug-likeness (QED) is 0.811. The standard InChI is InChI=1S/C17H17ClO3/c1-9-7-12(19)17(20)14-10-5-3-4-6-11(10)21-15(14)13(9)16(17,2)8-18/h3-7,13-15,20H,8H2,1-2H3/t13-,14-,15-,16+,17+/m1/s1. The molecule has 21 heavy (non-hydrogen) atoms. The lowest BCUT2D eigenvalue weighted by atomic mass is 9.62. The van der Waals surface area contributed by atoms with Gasteiger partial charge in [0, 0.05) is 22.8 Å². The van der Waals surface area contributed by atoms with Gasteiger partial charge in [0.2, 0.25) is 0 Å². The molecule has 110 valence electrons. The zero-order valence-electron chi connectivity index (χ0n) is 12.0.